The molecule has 3 heterocycles. The number of carbonyl (C=O) groups excluding carboxylic acids is 1. The predicted molar refractivity (Wildman–Crippen MR) is 142 cm³/mol. The van der Waals surface area contributed by atoms with Crippen molar-refractivity contribution in [3.8, 4) is 11.3 Å². The summed E-state index contributed by atoms with van der Waals surface area (Å²) in [6, 6.07) is 18.8. The van der Waals surface area contributed by atoms with Gasteiger partial charge < -0.3 is 10.4 Å². The summed E-state index contributed by atoms with van der Waals surface area (Å²) in [6.45, 7) is 5.78. The lowest BCUT2D eigenvalue weighted by atomic mass is 9.83. The molecule has 2 aromatic carbocycles. The van der Waals surface area contributed by atoms with E-state index in [0.717, 1.165) is 56.7 Å². The molecule has 0 radical (unpaired) electrons. The lowest BCUT2D eigenvalue weighted by Gasteiger charge is -2.49. The molecule has 2 atom stereocenters. The van der Waals surface area contributed by atoms with Crippen molar-refractivity contribution in [1.82, 2.24) is 14.8 Å². The van der Waals surface area contributed by atoms with E-state index in [1.165, 1.54) is 22.5 Å². The third-order valence-electron chi connectivity index (χ3n) is 7.48. The Hall–Kier alpha value is -2.58. The number of anilines is 1. The Morgan fingerprint density at radius 3 is 2.77 bits per heavy atom. The molecule has 7 heteroatoms. The molecule has 0 aliphatic carbocycles. The largest absolute Gasteiger partial charge is 0.391 e. The minimum atomic E-state index is -0.351. The van der Waals surface area contributed by atoms with Gasteiger partial charge in [0, 0.05) is 30.6 Å². The molecule has 1 aromatic heterocycles. The van der Waals surface area contributed by atoms with Gasteiger partial charge in [-0.3, -0.25) is 14.6 Å². The van der Waals surface area contributed by atoms with Crippen LogP contribution in [0.2, 0.25) is 0 Å². The highest BCUT2D eigenvalue weighted by Gasteiger charge is 2.49. The van der Waals surface area contributed by atoms with Gasteiger partial charge >= 0.3 is 0 Å². The van der Waals surface area contributed by atoms with Crippen LogP contribution in [0.15, 0.2) is 60.0 Å². The summed E-state index contributed by atoms with van der Waals surface area (Å²) in [6.07, 6.45) is 3.39. The number of nitrogens with one attached hydrogen (secondary N) is 1. The van der Waals surface area contributed by atoms with Crippen molar-refractivity contribution < 1.29 is 9.90 Å². The lowest BCUT2D eigenvalue weighted by Crippen LogP contribution is -2.64. The van der Waals surface area contributed by atoms with Crippen LogP contribution < -0.4 is 5.32 Å². The number of benzene rings is 2. The molecule has 5 rings (SSSR count). The molecule has 184 valence electrons. The Bertz CT molecular complexity index is 1130. The summed E-state index contributed by atoms with van der Waals surface area (Å²) in [5, 5.41) is 16.7. The Morgan fingerprint density at radius 2 is 1.97 bits per heavy atom. The van der Waals surface area contributed by atoms with Crippen LogP contribution in [0, 0.1) is 6.92 Å². The van der Waals surface area contributed by atoms with Crippen LogP contribution in [0.3, 0.4) is 0 Å². The molecule has 6 nitrogen and oxygen atoms in total. The van der Waals surface area contributed by atoms with Gasteiger partial charge in [-0.25, -0.2) is 4.98 Å². The Morgan fingerprint density at radius 1 is 1.17 bits per heavy atom. The summed E-state index contributed by atoms with van der Waals surface area (Å²) < 4.78 is 0. The predicted octanol–water partition coefficient (Wildman–Crippen LogP) is 4.20. The van der Waals surface area contributed by atoms with Crippen molar-refractivity contribution >= 4 is 22.4 Å². The van der Waals surface area contributed by atoms with Gasteiger partial charge in [0.1, 0.15) is 0 Å². The van der Waals surface area contributed by atoms with Crippen molar-refractivity contribution in [3.63, 3.8) is 0 Å². The maximum atomic E-state index is 12.9. The quantitative estimate of drug-likeness (QED) is 0.520. The van der Waals surface area contributed by atoms with E-state index >= 15 is 0 Å². The maximum Gasteiger partial charge on any atom is 0.240 e. The average Bonchev–Trinajstić information content (AvgIpc) is 3.49. The molecule has 2 saturated heterocycles. The number of aromatic nitrogens is 1. The molecule has 3 aromatic rings. The van der Waals surface area contributed by atoms with Crippen LogP contribution in [0.1, 0.15) is 30.4 Å². The van der Waals surface area contributed by atoms with Crippen LogP contribution in [0.25, 0.3) is 11.3 Å². The standard InChI is InChI=1S/C28H34N4O2S/c1-21-8-10-23(11-9-21)24-19-35-27(29-24)30-26(34)18-31-16-13-25(33)28(20-31)14-5-15-32(28)17-12-22-6-3-2-4-7-22/h2-4,6-11,19,25,33H,5,12-18,20H2,1H3,(H,29,30,34)/t25-,28-/m1/s1. The number of carbonyl (C=O) groups is 1. The molecule has 1 spiro atoms. The third-order valence-corrected chi connectivity index (χ3v) is 8.24. The van der Waals surface area contributed by atoms with Gasteiger partial charge in [-0.05, 0) is 44.7 Å². The highest BCUT2D eigenvalue weighted by atomic mass is 32.1. The van der Waals surface area contributed by atoms with Crippen molar-refractivity contribution in [2.45, 2.75) is 44.2 Å². The van der Waals surface area contributed by atoms with Crippen molar-refractivity contribution in [1.29, 1.82) is 0 Å². The van der Waals surface area contributed by atoms with Crippen LogP contribution in [0.4, 0.5) is 5.13 Å². The first kappa shape index (κ1) is 24.1. The van der Waals surface area contributed by atoms with E-state index in [0.29, 0.717) is 18.1 Å². The molecular weight excluding hydrogens is 456 g/mol. The first-order chi connectivity index (χ1) is 17.0. The van der Waals surface area contributed by atoms with Crippen molar-refractivity contribution in [2.24, 2.45) is 0 Å². The van der Waals surface area contributed by atoms with E-state index in [1.54, 1.807) is 0 Å². The molecule has 35 heavy (non-hydrogen) atoms. The number of likely N-dealkylation sites (tertiary alicyclic amines) is 2. The van der Waals surface area contributed by atoms with E-state index in [2.05, 4.69) is 75.6 Å². The molecular formula is C28H34N4O2S. The molecule has 2 N–H and O–H groups in total. The van der Waals surface area contributed by atoms with E-state index in [9.17, 15) is 9.90 Å². The summed E-state index contributed by atoms with van der Waals surface area (Å²) in [5.74, 6) is -0.0461. The van der Waals surface area contributed by atoms with Gasteiger partial charge in [0.25, 0.3) is 0 Å². The minimum absolute atomic E-state index is 0.0461. The van der Waals surface area contributed by atoms with Crippen molar-refractivity contribution in [2.75, 3.05) is 38.0 Å². The number of nitrogens with zero attached hydrogens (tertiary/aromatic N) is 3. The number of rotatable bonds is 7. The number of hydrogen-bond donors (Lipinski definition) is 2. The number of hydrogen-bond acceptors (Lipinski definition) is 6. The third kappa shape index (κ3) is 5.48. The van der Waals surface area contributed by atoms with Gasteiger partial charge in [0.05, 0.1) is 23.9 Å². The smallest absolute Gasteiger partial charge is 0.240 e. The fraction of sp³-hybridized carbons (Fsp3) is 0.429. The van der Waals surface area contributed by atoms with Crippen LogP contribution in [-0.2, 0) is 11.2 Å². The summed E-state index contributed by atoms with van der Waals surface area (Å²) in [7, 11) is 0. The SMILES string of the molecule is Cc1ccc(-c2csc(NC(=O)CN3CC[C@@H](O)[C@@]4(CCCN4CCc4ccccc4)C3)n2)cc1. The first-order valence-corrected chi connectivity index (χ1v) is 13.4. The van der Waals surface area contributed by atoms with Gasteiger partial charge in [-0.1, -0.05) is 60.2 Å². The fourth-order valence-corrected chi connectivity index (χ4v) is 6.32. The zero-order chi connectivity index (χ0) is 24.3. The molecule has 0 bridgehead atoms. The lowest BCUT2D eigenvalue weighted by molar-refractivity contribution is -0.120. The Labute approximate surface area is 211 Å². The Balaban J connectivity index is 1.19. The van der Waals surface area contributed by atoms with Crippen molar-refractivity contribution in [3.05, 3.63) is 71.1 Å². The molecule has 2 fully saturated rings. The first-order valence-electron chi connectivity index (χ1n) is 12.5. The number of aryl methyl sites for hydroxylation is 1. The van der Waals surface area contributed by atoms with Gasteiger partial charge in [0.15, 0.2) is 5.13 Å². The highest BCUT2D eigenvalue weighted by molar-refractivity contribution is 7.14. The monoisotopic (exact) mass is 490 g/mol. The topological polar surface area (TPSA) is 68.7 Å². The van der Waals surface area contributed by atoms with E-state index < -0.39 is 0 Å². The van der Waals surface area contributed by atoms with Gasteiger partial charge in [0.2, 0.25) is 5.91 Å². The number of aliphatic hydroxyl groups is 1. The number of aliphatic hydroxyl groups excluding tert-OH is 1. The van der Waals surface area contributed by atoms with E-state index in [4.69, 9.17) is 0 Å². The minimum Gasteiger partial charge on any atom is -0.391 e. The maximum absolute atomic E-state index is 12.9. The van der Waals surface area contributed by atoms with Gasteiger partial charge in [-0.15, -0.1) is 11.3 Å². The molecule has 2 aliphatic heterocycles. The molecule has 1 amide bonds. The summed E-state index contributed by atoms with van der Waals surface area (Å²) >= 11 is 1.45. The normalized spacial score (nSPS) is 23.1. The summed E-state index contributed by atoms with van der Waals surface area (Å²) in [5.41, 5.74) is 4.21. The van der Waals surface area contributed by atoms with Crippen LogP contribution >= 0.6 is 11.3 Å². The Kier molecular flexibility index (Phi) is 7.29. The molecule has 0 saturated carbocycles. The van der Waals surface area contributed by atoms with Crippen LogP contribution in [-0.4, -0.2) is 70.2 Å². The van der Waals surface area contributed by atoms with Crippen LogP contribution in [0.5, 0.6) is 0 Å². The second-order valence-electron chi connectivity index (χ2n) is 9.90. The second kappa shape index (κ2) is 10.6. The fourth-order valence-electron chi connectivity index (χ4n) is 5.59. The van der Waals surface area contributed by atoms with E-state index in [1.807, 2.05) is 11.4 Å². The zero-order valence-electron chi connectivity index (χ0n) is 20.3. The van der Waals surface area contributed by atoms with E-state index in [-0.39, 0.29) is 17.6 Å². The number of thiazole rings is 1. The molecule has 0 unspecified atom stereocenters. The van der Waals surface area contributed by atoms with Gasteiger partial charge in [-0.2, -0.15) is 0 Å². The zero-order valence-corrected chi connectivity index (χ0v) is 21.1. The number of amides is 1. The number of piperidine rings is 1. The second-order valence-corrected chi connectivity index (χ2v) is 10.8. The average molecular weight is 491 g/mol. The summed E-state index contributed by atoms with van der Waals surface area (Å²) in [4.78, 5) is 22.2. The highest BCUT2D eigenvalue weighted by Crippen LogP contribution is 2.37. The molecule has 2 aliphatic rings.